The fourth-order valence-electron chi connectivity index (χ4n) is 1.38. The first-order chi connectivity index (χ1) is 5.58. The fraction of sp³-hybridized carbons (Fsp3) is 1.00. The minimum absolute atomic E-state index is 0.0685. The Bertz CT molecular complexity index is 265. The molecule has 2 fully saturated rings. The zero-order valence-electron chi connectivity index (χ0n) is 6.94. The summed E-state index contributed by atoms with van der Waals surface area (Å²) in [5.41, 5.74) is 5.51. The number of nitrogens with zero attached hydrogens (tertiary/aromatic N) is 1. The Labute approximate surface area is 72.8 Å². The van der Waals surface area contributed by atoms with Crippen LogP contribution in [0, 0.1) is 5.92 Å². The van der Waals surface area contributed by atoms with Crippen molar-refractivity contribution in [3.8, 4) is 0 Å². The Balaban J connectivity index is 1.91. The molecule has 0 atom stereocenters. The van der Waals surface area contributed by atoms with Gasteiger partial charge in [0.1, 0.15) is 0 Å². The fourth-order valence-corrected chi connectivity index (χ4v) is 3.36. The molecule has 0 radical (unpaired) electrons. The van der Waals surface area contributed by atoms with Crippen LogP contribution >= 0.6 is 0 Å². The number of rotatable bonds is 3. The minimum Gasteiger partial charge on any atom is -0.325 e. The molecule has 1 aliphatic heterocycles. The van der Waals surface area contributed by atoms with Gasteiger partial charge in [0.25, 0.3) is 0 Å². The molecular weight excluding hydrogens is 176 g/mol. The normalized spacial score (nSPS) is 27.1. The smallest absolute Gasteiger partial charge is 0.214 e. The highest BCUT2D eigenvalue weighted by Gasteiger charge is 2.37. The predicted molar refractivity (Wildman–Crippen MR) is 46.1 cm³/mol. The van der Waals surface area contributed by atoms with Gasteiger partial charge in [-0.1, -0.05) is 0 Å². The average Bonchev–Trinajstić information content (AvgIpc) is 2.63. The summed E-state index contributed by atoms with van der Waals surface area (Å²) in [6.07, 6.45) is 2.16. The Morgan fingerprint density at radius 2 is 1.92 bits per heavy atom. The zero-order chi connectivity index (χ0) is 8.77. The van der Waals surface area contributed by atoms with Gasteiger partial charge in [-0.3, -0.25) is 0 Å². The summed E-state index contributed by atoms with van der Waals surface area (Å²) in [5, 5.41) is 0. The molecule has 2 aliphatic rings. The lowest BCUT2D eigenvalue weighted by molar-refractivity contribution is 0.265. The van der Waals surface area contributed by atoms with E-state index in [4.69, 9.17) is 5.73 Å². The SMILES string of the molecule is NC1CN(S(=O)(=O)CC2CC2)C1. The van der Waals surface area contributed by atoms with E-state index < -0.39 is 10.0 Å². The summed E-state index contributed by atoms with van der Waals surface area (Å²) >= 11 is 0. The van der Waals surface area contributed by atoms with Gasteiger partial charge in [0.2, 0.25) is 10.0 Å². The molecule has 1 aliphatic carbocycles. The summed E-state index contributed by atoms with van der Waals surface area (Å²) in [5.74, 6) is 0.784. The maximum absolute atomic E-state index is 11.5. The van der Waals surface area contributed by atoms with E-state index in [-0.39, 0.29) is 6.04 Å². The maximum Gasteiger partial charge on any atom is 0.214 e. The first-order valence-corrected chi connectivity index (χ1v) is 5.92. The third kappa shape index (κ3) is 1.62. The van der Waals surface area contributed by atoms with E-state index in [1.165, 1.54) is 4.31 Å². The van der Waals surface area contributed by atoms with E-state index in [1.807, 2.05) is 0 Å². The molecule has 0 aromatic rings. The average molecular weight is 190 g/mol. The molecule has 2 rings (SSSR count). The monoisotopic (exact) mass is 190 g/mol. The van der Waals surface area contributed by atoms with Crippen LogP contribution in [-0.2, 0) is 10.0 Å². The Kier molecular flexibility index (Phi) is 1.89. The molecule has 0 unspecified atom stereocenters. The summed E-state index contributed by atoms with van der Waals surface area (Å²) in [4.78, 5) is 0. The van der Waals surface area contributed by atoms with Crippen LogP contribution in [0.1, 0.15) is 12.8 Å². The Morgan fingerprint density at radius 3 is 2.33 bits per heavy atom. The van der Waals surface area contributed by atoms with Crippen molar-refractivity contribution in [1.29, 1.82) is 0 Å². The van der Waals surface area contributed by atoms with Crippen molar-refractivity contribution in [1.82, 2.24) is 4.31 Å². The molecule has 12 heavy (non-hydrogen) atoms. The van der Waals surface area contributed by atoms with Gasteiger partial charge in [-0.15, -0.1) is 0 Å². The lowest BCUT2D eigenvalue weighted by Gasteiger charge is -2.35. The van der Waals surface area contributed by atoms with Gasteiger partial charge in [-0.2, -0.15) is 4.31 Å². The first-order valence-electron chi connectivity index (χ1n) is 4.31. The van der Waals surface area contributed by atoms with Crippen molar-refractivity contribution < 1.29 is 8.42 Å². The van der Waals surface area contributed by atoms with Gasteiger partial charge < -0.3 is 5.73 Å². The number of hydrogen-bond acceptors (Lipinski definition) is 3. The third-order valence-corrected chi connectivity index (χ3v) is 4.39. The molecule has 1 saturated heterocycles. The molecule has 4 nitrogen and oxygen atoms in total. The molecule has 0 aromatic heterocycles. The van der Waals surface area contributed by atoms with Crippen LogP contribution in [0.4, 0.5) is 0 Å². The molecule has 0 amide bonds. The topological polar surface area (TPSA) is 63.4 Å². The van der Waals surface area contributed by atoms with Crippen LogP contribution in [0.3, 0.4) is 0 Å². The van der Waals surface area contributed by atoms with Crippen molar-refractivity contribution >= 4 is 10.0 Å². The zero-order valence-corrected chi connectivity index (χ0v) is 7.76. The molecular formula is C7H14N2O2S. The maximum atomic E-state index is 11.5. The largest absolute Gasteiger partial charge is 0.325 e. The second-order valence-corrected chi connectivity index (χ2v) is 5.81. The highest BCUT2D eigenvalue weighted by molar-refractivity contribution is 7.89. The molecule has 1 heterocycles. The summed E-state index contributed by atoms with van der Waals surface area (Å²) in [6, 6.07) is 0.0685. The van der Waals surface area contributed by atoms with E-state index in [0.717, 1.165) is 12.8 Å². The molecule has 5 heteroatoms. The van der Waals surface area contributed by atoms with Gasteiger partial charge in [-0.05, 0) is 18.8 Å². The van der Waals surface area contributed by atoms with Gasteiger partial charge in [0.05, 0.1) is 5.75 Å². The van der Waals surface area contributed by atoms with Crippen LogP contribution < -0.4 is 5.73 Å². The van der Waals surface area contributed by atoms with Crippen molar-refractivity contribution in [2.45, 2.75) is 18.9 Å². The summed E-state index contributed by atoms with van der Waals surface area (Å²) < 4.78 is 24.5. The van der Waals surface area contributed by atoms with E-state index in [0.29, 0.717) is 24.8 Å². The second kappa shape index (κ2) is 2.68. The molecule has 1 saturated carbocycles. The van der Waals surface area contributed by atoms with Crippen LogP contribution in [0.2, 0.25) is 0 Å². The molecule has 70 valence electrons. The quantitative estimate of drug-likeness (QED) is 0.644. The standard InChI is InChI=1S/C7H14N2O2S/c8-7-3-9(4-7)12(10,11)5-6-1-2-6/h6-7H,1-5,8H2. The van der Waals surface area contributed by atoms with Crippen LogP contribution in [-0.4, -0.2) is 37.6 Å². The van der Waals surface area contributed by atoms with Crippen molar-refractivity contribution in [3.63, 3.8) is 0 Å². The Morgan fingerprint density at radius 1 is 1.33 bits per heavy atom. The second-order valence-electron chi connectivity index (χ2n) is 3.80. The summed E-state index contributed by atoms with van der Waals surface area (Å²) in [6.45, 7) is 1.05. The Hall–Kier alpha value is -0.130. The predicted octanol–water partition coefficient (Wildman–Crippen LogP) is -0.631. The van der Waals surface area contributed by atoms with E-state index in [2.05, 4.69) is 0 Å². The molecule has 0 aromatic carbocycles. The van der Waals surface area contributed by atoms with Crippen LogP contribution in [0.5, 0.6) is 0 Å². The molecule has 0 bridgehead atoms. The molecule has 0 spiro atoms. The first kappa shape index (κ1) is 8.47. The lowest BCUT2D eigenvalue weighted by atomic mass is 10.2. The van der Waals surface area contributed by atoms with E-state index >= 15 is 0 Å². The van der Waals surface area contributed by atoms with Crippen LogP contribution in [0.25, 0.3) is 0 Å². The van der Waals surface area contributed by atoms with Gasteiger partial charge in [0, 0.05) is 19.1 Å². The van der Waals surface area contributed by atoms with Crippen molar-refractivity contribution in [3.05, 3.63) is 0 Å². The van der Waals surface area contributed by atoms with Crippen LogP contribution in [0.15, 0.2) is 0 Å². The number of nitrogens with two attached hydrogens (primary N) is 1. The molecule has 2 N–H and O–H groups in total. The minimum atomic E-state index is -2.94. The number of sulfonamides is 1. The number of hydrogen-bond donors (Lipinski definition) is 1. The third-order valence-electron chi connectivity index (χ3n) is 2.41. The van der Waals surface area contributed by atoms with Crippen molar-refractivity contribution in [2.24, 2.45) is 11.7 Å². The highest BCUT2D eigenvalue weighted by Crippen LogP contribution is 2.31. The van der Waals surface area contributed by atoms with E-state index in [9.17, 15) is 8.42 Å². The lowest BCUT2D eigenvalue weighted by Crippen LogP contribution is -2.58. The van der Waals surface area contributed by atoms with Gasteiger partial charge in [-0.25, -0.2) is 8.42 Å². The summed E-state index contributed by atoms with van der Waals surface area (Å²) in [7, 11) is -2.94. The van der Waals surface area contributed by atoms with E-state index in [1.54, 1.807) is 0 Å². The van der Waals surface area contributed by atoms with Crippen molar-refractivity contribution in [2.75, 3.05) is 18.8 Å². The van der Waals surface area contributed by atoms with Gasteiger partial charge >= 0.3 is 0 Å². The highest BCUT2D eigenvalue weighted by atomic mass is 32.2. The van der Waals surface area contributed by atoms with Gasteiger partial charge in [0.15, 0.2) is 0 Å².